The summed E-state index contributed by atoms with van der Waals surface area (Å²) in [6, 6.07) is 8.60. The van der Waals surface area contributed by atoms with E-state index in [9.17, 15) is 0 Å². The fourth-order valence-corrected chi connectivity index (χ4v) is 3.26. The maximum Gasteiger partial charge on any atom is 0.241 e. The highest BCUT2D eigenvalue weighted by atomic mass is 15.3. The quantitative estimate of drug-likeness (QED) is 0.620. The lowest BCUT2D eigenvalue weighted by atomic mass is 10.1. The molecule has 1 atom stereocenters. The van der Waals surface area contributed by atoms with Gasteiger partial charge in [-0.05, 0) is 49.4 Å². The van der Waals surface area contributed by atoms with Gasteiger partial charge < -0.3 is 5.32 Å². The molecule has 1 aliphatic carbocycles. The van der Waals surface area contributed by atoms with Crippen LogP contribution in [-0.4, -0.2) is 30.6 Å². The minimum absolute atomic E-state index is 0.423. The molecule has 5 rings (SSSR count). The number of fused-ring (bicyclic) bond motifs is 2. The van der Waals surface area contributed by atoms with Crippen LogP contribution in [0, 0.1) is 5.92 Å². The Kier molecular flexibility index (Phi) is 3.16. The molecule has 3 aromatic heterocycles. The Bertz CT molecular complexity index is 1070. The third kappa shape index (κ3) is 2.59. The number of nitrogens with one attached hydrogen (secondary N) is 1. The maximum absolute atomic E-state index is 4.60. The van der Waals surface area contributed by atoms with Crippen LogP contribution in [0.25, 0.3) is 27.7 Å². The van der Waals surface area contributed by atoms with Crippen molar-refractivity contribution < 1.29 is 0 Å². The van der Waals surface area contributed by atoms with E-state index in [1.807, 2.05) is 23.0 Å². The van der Waals surface area contributed by atoms with Gasteiger partial charge in [-0.15, -0.1) is 5.10 Å². The summed E-state index contributed by atoms with van der Waals surface area (Å²) < 4.78 is 1.88. The van der Waals surface area contributed by atoms with Gasteiger partial charge in [0, 0.05) is 30.2 Å². The van der Waals surface area contributed by atoms with E-state index in [2.05, 4.69) is 50.5 Å². The molecule has 0 amide bonds. The highest BCUT2D eigenvalue weighted by molar-refractivity contribution is 5.86. The van der Waals surface area contributed by atoms with Gasteiger partial charge in [-0.25, -0.2) is 9.50 Å². The van der Waals surface area contributed by atoms with Gasteiger partial charge in [0.15, 0.2) is 0 Å². The van der Waals surface area contributed by atoms with Crippen LogP contribution in [0.15, 0.2) is 49.1 Å². The van der Waals surface area contributed by atoms with Gasteiger partial charge in [-0.3, -0.25) is 9.97 Å². The molecule has 6 nitrogen and oxygen atoms in total. The second kappa shape index (κ2) is 5.51. The van der Waals surface area contributed by atoms with Crippen molar-refractivity contribution in [2.24, 2.45) is 5.92 Å². The molecule has 0 saturated heterocycles. The zero-order chi connectivity index (χ0) is 16.8. The first-order chi connectivity index (χ1) is 12.3. The van der Waals surface area contributed by atoms with E-state index in [0.717, 1.165) is 33.6 Å². The number of aromatic nitrogens is 5. The standard InChI is InChI=1S/C19H18N6/c1-12(13-2-3-13)23-19-22-11-18-15(6-9-25(18)24-19)14-4-5-16-17(10-14)21-8-7-20-16/h4-13H,2-3H2,1H3,(H,23,24)/t12-/m0/s1. The summed E-state index contributed by atoms with van der Waals surface area (Å²) in [6.45, 7) is 2.20. The van der Waals surface area contributed by atoms with Crippen molar-refractivity contribution in [3.63, 3.8) is 0 Å². The molecule has 4 aromatic rings. The monoisotopic (exact) mass is 330 g/mol. The van der Waals surface area contributed by atoms with E-state index in [1.165, 1.54) is 12.8 Å². The van der Waals surface area contributed by atoms with E-state index < -0.39 is 0 Å². The molecule has 6 heteroatoms. The zero-order valence-corrected chi connectivity index (χ0v) is 13.9. The minimum Gasteiger partial charge on any atom is -0.350 e. The predicted octanol–water partition coefficient (Wildman–Crippen LogP) is 3.55. The number of hydrogen-bond donors (Lipinski definition) is 1. The molecule has 0 bridgehead atoms. The summed E-state index contributed by atoms with van der Waals surface area (Å²) in [7, 11) is 0. The van der Waals surface area contributed by atoms with Crippen LogP contribution in [-0.2, 0) is 0 Å². The molecule has 0 radical (unpaired) electrons. The molecular weight excluding hydrogens is 312 g/mol. The highest BCUT2D eigenvalue weighted by Crippen LogP contribution is 2.33. The van der Waals surface area contributed by atoms with E-state index in [1.54, 1.807) is 12.4 Å². The number of rotatable bonds is 4. The molecule has 0 spiro atoms. The molecule has 1 N–H and O–H groups in total. The summed E-state index contributed by atoms with van der Waals surface area (Å²) in [6.07, 6.45) is 9.88. The number of hydrogen-bond acceptors (Lipinski definition) is 5. The van der Waals surface area contributed by atoms with Crippen LogP contribution in [0.3, 0.4) is 0 Å². The van der Waals surface area contributed by atoms with Crippen LogP contribution < -0.4 is 5.32 Å². The average Bonchev–Trinajstić information content (AvgIpc) is 3.41. The van der Waals surface area contributed by atoms with Crippen LogP contribution in [0.4, 0.5) is 5.95 Å². The number of nitrogens with zero attached hydrogens (tertiary/aromatic N) is 5. The molecule has 1 aliphatic rings. The molecular formula is C19H18N6. The van der Waals surface area contributed by atoms with Crippen molar-refractivity contribution in [1.82, 2.24) is 24.6 Å². The number of anilines is 1. The van der Waals surface area contributed by atoms with Gasteiger partial charge in [-0.2, -0.15) is 0 Å². The highest BCUT2D eigenvalue weighted by Gasteiger charge is 2.28. The van der Waals surface area contributed by atoms with Gasteiger partial charge in [0.05, 0.1) is 22.7 Å². The normalized spacial score (nSPS) is 15.6. The smallest absolute Gasteiger partial charge is 0.241 e. The van der Waals surface area contributed by atoms with E-state index >= 15 is 0 Å². The van der Waals surface area contributed by atoms with Crippen molar-refractivity contribution >= 4 is 22.5 Å². The summed E-state index contributed by atoms with van der Waals surface area (Å²) >= 11 is 0. The van der Waals surface area contributed by atoms with Crippen LogP contribution >= 0.6 is 0 Å². The third-order valence-corrected chi connectivity index (χ3v) is 4.88. The fraction of sp³-hybridized carbons (Fsp3) is 0.263. The van der Waals surface area contributed by atoms with Gasteiger partial charge in [-0.1, -0.05) is 6.07 Å². The van der Waals surface area contributed by atoms with Gasteiger partial charge in [0.25, 0.3) is 0 Å². The van der Waals surface area contributed by atoms with Crippen molar-refractivity contribution in [3.05, 3.63) is 49.1 Å². The molecule has 124 valence electrons. The van der Waals surface area contributed by atoms with E-state index in [-0.39, 0.29) is 0 Å². The van der Waals surface area contributed by atoms with Crippen molar-refractivity contribution in [1.29, 1.82) is 0 Å². The second-order valence-electron chi connectivity index (χ2n) is 6.67. The van der Waals surface area contributed by atoms with Crippen molar-refractivity contribution in [2.45, 2.75) is 25.8 Å². The van der Waals surface area contributed by atoms with Gasteiger partial charge in [0.2, 0.25) is 5.95 Å². The SMILES string of the molecule is C[C@H](Nc1ncc2c(-c3ccc4nccnc4c3)ccn2n1)C1CC1. The predicted molar refractivity (Wildman–Crippen MR) is 97.3 cm³/mol. The lowest BCUT2D eigenvalue weighted by Crippen LogP contribution is -2.19. The maximum atomic E-state index is 4.60. The molecule has 0 aliphatic heterocycles. The summed E-state index contributed by atoms with van der Waals surface area (Å²) in [5.74, 6) is 1.44. The van der Waals surface area contributed by atoms with E-state index in [0.29, 0.717) is 12.0 Å². The second-order valence-corrected chi connectivity index (χ2v) is 6.67. The third-order valence-electron chi connectivity index (χ3n) is 4.88. The molecule has 25 heavy (non-hydrogen) atoms. The Morgan fingerprint density at radius 1 is 1.08 bits per heavy atom. The molecule has 1 saturated carbocycles. The Hall–Kier alpha value is -3.02. The Labute approximate surface area is 145 Å². The first kappa shape index (κ1) is 14.3. The fourth-order valence-electron chi connectivity index (χ4n) is 3.26. The van der Waals surface area contributed by atoms with Crippen molar-refractivity contribution in [3.8, 4) is 11.1 Å². The Morgan fingerprint density at radius 2 is 1.92 bits per heavy atom. The Morgan fingerprint density at radius 3 is 2.76 bits per heavy atom. The van der Waals surface area contributed by atoms with Crippen LogP contribution in [0.2, 0.25) is 0 Å². The summed E-state index contributed by atoms with van der Waals surface area (Å²) in [4.78, 5) is 13.2. The first-order valence-electron chi connectivity index (χ1n) is 8.60. The zero-order valence-electron chi connectivity index (χ0n) is 13.9. The summed E-state index contributed by atoms with van der Waals surface area (Å²) in [5, 5.41) is 8.01. The molecule has 0 unspecified atom stereocenters. The van der Waals surface area contributed by atoms with Crippen LogP contribution in [0.5, 0.6) is 0 Å². The lowest BCUT2D eigenvalue weighted by molar-refractivity contribution is 0.681. The average molecular weight is 330 g/mol. The van der Waals surface area contributed by atoms with E-state index in [4.69, 9.17) is 0 Å². The minimum atomic E-state index is 0.423. The summed E-state index contributed by atoms with van der Waals surface area (Å²) in [5.41, 5.74) is 4.94. The largest absolute Gasteiger partial charge is 0.350 e. The molecule has 1 fully saturated rings. The molecule has 3 heterocycles. The number of benzene rings is 1. The van der Waals surface area contributed by atoms with Gasteiger partial charge >= 0.3 is 0 Å². The van der Waals surface area contributed by atoms with Crippen molar-refractivity contribution in [2.75, 3.05) is 5.32 Å². The van der Waals surface area contributed by atoms with Gasteiger partial charge in [0.1, 0.15) is 0 Å². The Balaban J connectivity index is 1.52. The first-order valence-corrected chi connectivity index (χ1v) is 8.60. The topological polar surface area (TPSA) is 68.0 Å². The van der Waals surface area contributed by atoms with Crippen LogP contribution in [0.1, 0.15) is 19.8 Å². The molecule has 1 aromatic carbocycles. The lowest BCUT2D eigenvalue weighted by Gasteiger charge is -2.12.